The van der Waals surface area contributed by atoms with E-state index in [2.05, 4.69) is 54.8 Å². The standard InChI is InChI=1S/C72H110N12O20/c1-6-8-9-10-11-12-13-14-15-16-17-20-48(87)41-58(89)76-51(32-35-59(90)91)65(96)77-50(21-18-37-73)64(95)80-55-40-46-25-29-49(30-26-46)104-72(103)61(42(3)7-2)82-67(98)54(39-45-23-27-47(86)28-24-45)81-66(97)52(31-34-57(74)88)78-69(100)56-22-19-38-84(56)71(102)43(4)75-63(94)53(33-36-60(92)93)79-70(101)62(44(5)85)83-68(55)99/h23-30,42-44,48,50-56,61-62,85-87H,6-22,31-41,73H2,1-5H3,(H2,74,88)(H,75,94)(H,76,89)(H,77,96)(H,78,100)(H,79,101)(H,80,95)(H,81,97)(H,82,98)(H,83,99)(H,90,91)(H,92,93)/t42-,43+,44+,48?,50+,51-,52-,53-,54-,55+,56-,61-,62+/m0/s1. The van der Waals surface area contributed by atoms with Crippen molar-refractivity contribution in [2.75, 3.05) is 13.1 Å². The Morgan fingerprint density at radius 1 is 0.615 bits per heavy atom. The second-order valence-corrected chi connectivity index (χ2v) is 27.1. The number of carbonyl (C=O) groups is 14. The first-order chi connectivity index (χ1) is 49.4. The van der Waals surface area contributed by atoms with Crippen LogP contribution in [0.15, 0.2) is 48.5 Å². The van der Waals surface area contributed by atoms with Crippen LogP contribution in [0.4, 0.5) is 0 Å². The van der Waals surface area contributed by atoms with Gasteiger partial charge >= 0.3 is 17.9 Å². The van der Waals surface area contributed by atoms with Crippen LogP contribution in [0.2, 0.25) is 0 Å². The zero-order valence-electron chi connectivity index (χ0n) is 60.4. The van der Waals surface area contributed by atoms with Gasteiger partial charge in [0.25, 0.3) is 0 Å². The lowest BCUT2D eigenvalue weighted by Gasteiger charge is -2.30. The second kappa shape index (κ2) is 45.7. The van der Waals surface area contributed by atoms with Gasteiger partial charge in [-0.25, -0.2) is 4.79 Å². The van der Waals surface area contributed by atoms with Gasteiger partial charge in [0.2, 0.25) is 65.0 Å². The number of phenolic OH excluding ortho intramolecular Hbond substituents is 1. The molecule has 3 aliphatic rings. The molecule has 1 fully saturated rings. The van der Waals surface area contributed by atoms with Gasteiger partial charge in [-0.1, -0.05) is 122 Å². The summed E-state index contributed by atoms with van der Waals surface area (Å²) in [6.45, 7) is 7.83. The first-order valence-corrected chi connectivity index (χ1v) is 36.3. The summed E-state index contributed by atoms with van der Waals surface area (Å²) in [6, 6.07) is -4.87. The highest BCUT2D eigenvalue weighted by atomic mass is 16.5. The number of unbranched alkanes of at least 4 members (excludes halogenated alkanes) is 10. The quantitative estimate of drug-likeness (QED) is 0.0196. The largest absolute Gasteiger partial charge is 0.508 e. The summed E-state index contributed by atoms with van der Waals surface area (Å²) in [5, 5.41) is 74.1. The van der Waals surface area contributed by atoms with Crippen LogP contribution in [-0.4, -0.2) is 199 Å². The van der Waals surface area contributed by atoms with Gasteiger partial charge < -0.3 is 94.5 Å². The van der Waals surface area contributed by atoms with E-state index in [1.54, 1.807) is 13.8 Å². The van der Waals surface area contributed by atoms with Crippen molar-refractivity contribution in [3.63, 3.8) is 0 Å². The number of aliphatic carboxylic acids is 2. The molecule has 32 nitrogen and oxygen atoms in total. The van der Waals surface area contributed by atoms with Crippen LogP contribution in [0.1, 0.15) is 200 Å². The fourth-order valence-electron chi connectivity index (χ4n) is 12.1. The van der Waals surface area contributed by atoms with E-state index in [1.807, 2.05) is 0 Å². The molecule has 2 aromatic rings. The molecular weight excluding hydrogens is 1350 g/mol. The lowest BCUT2D eigenvalue weighted by Crippen LogP contribution is -2.62. The Hall–Kier alpha value is -9.30. The average molecular weight is 1460 g/mol. The molecule has 0 spiro atoms. The van der Waals surface area contributed by atoms with E-state index in [1.165, 1.54) is 87.6 Å². The van der Waals surface area contributed by atoms with E-state index in [4.69, 9.17) is 16.2 Å². The molecule has 18 N–H and O–H groups in total. The minimum atomic E-state index is -1.98. The maximum Gasteiger partial charge on any atom is 0.334 e. The van der Waals surface area contributed by atoms with Crippen LogP contribution >= 0.6 is 0 Å². The number of aromatic hydroxyl groups is 1. The number of nitrogens with two attached hydrogens (primary N) is 2. The van der Waals surface area contributed by atoms with E-state index >= 15 is 0 Å². The summed E-state index contributed by atoms with van der Waals surface area (Å²) in [7, 11) is 0. The molecular formula is C72H110N12O20. The molecule has 0 saturated carbocycles. The number of nitrogens with zero attached hydrogens (tertiary/aromatic N) is 1. The maximum absolute atomic E-state index is 14.8. The van der Waals surface area contributed by atoms with Gasteiger partial charge in [0.05, 0.1) is 18.6 Å². The summed E-state index contributed by atoms with van der Waals surface area (Å²) >= 11 is 0. The van der Waals surface area contributed by atoms with Gasteiger partial charge in [-0.3, -0.25) is 62.3 Å². The number of carboxylic acids is 2. The van der Waals surface area contributed by atoms with E-state index in [-0.39, 0.29) is 62.3 Å². The van der Waals surface area contributed by atoms with Crippen molar-refractivity contribution in [1.29, 1.82) is 0 Å². The van der Waals surface area contributed by atoms with Crippen LogP contribution in [0.25, 0.3) is 0 Å². The minimum absolute atomic E-state index is 0.0222. The number of fused-ring (bicyclic) bond motifs is 23. The number of primary amides is 1. The number of nitrogens with one attached hydrogen (secondary N) is 9. The predicted octanol–water partition coefficient (Wildman–Crippen LogP) is 1.08. The van der Waals surface area contributed by atoms with Crippen molar-refractivity contribution in [3.05, 3.63) is 59.7 Å². The van der Waals surface area contributed by atoms with Gasteiger partial charge in [0.15, 0.2) is 0 Å². The normalized spacial score (nSPS) is 21.9. The lowest BCUT2D eigenvalue weighted by atomic mass is 9.97. The van der Waals surface area contributed by atoms with Crippen molar-refractivity contribution >= 4 is 82.9 Å². The highest BCUT2D eigenvalue weighted by Crippen LogP contribution is 2.23. The minimum Gasteiger partial charge on any atom is -0.508 e. The number of hydrogen-bond acceptors (Lipinski definition) is 19. The number of carbonyl (C=O) groups excluding carboxylic acids is 12. The molecule has 0 aromatic heterocycles. The number of aliphatic hydroxyl groups is 2. The summed E-state index contributed by atoms with van der Waals surface area (Å²) < 4.78 is 5.82. The Bertz CT molecular complexity index is 3190. The maximum atomic E-state index is 14.8. The second-order valence-electron chi connectivity index (χ2n) is 27.1. The van der Waals surface area contributed by atoms with E-state index in [0.717, 1.165) is 43.9 Å². The molecule has 11 amide bonds. The van der Waals surface area contributed by atoms with E-state index in [9.17, 15) is 92.7 Å². The van der Waals surface area contributed by atoms with Gasteiger partial charge in [-0.15, -0.1) is 0 Å². The van der Waals surface area contributed by atoms with Crippen molar-refractivity contribution in [1.82, 2.24) is 52.8 Å². The molecule has 13 atom stereocenters. The average Bonchev–Trinajstić information content (AvgIpc) is 1.55. The molecule has 578 valence electrons. The molecule has 0 radical (unpaired) electrons. The highest BCUT2D eigenvalue weighted by molar-refractivity contribution is 5.99. The van der Waals surface area contributed by atoms with E-state index in [0.29, 0.717) is 24.8 Å². The topological polar surface area (TPSA) is 513 Å². The molecule has 32 heteroatoms. The highest BCUT2D eigenvalue weighted by Gasteiger charge is 2.41. The van der Waals surface area contributed by atoms with Crippen molar-refractivity contribution in [3.8, 4) is 11.5 Å². The summed E-state index contributed by atoms with van der Waals surface area (Å²) in [5.74, 6) is -15.4. The number of esters is 1. The molecule has 104 heavy (non-hydrogen) atoms. The number of rotatable bonds is 36. The number of ether oxygens (including phenoxy) is 1. The monoisotopic (exact) mass is 1460 g/mol. The zero-order valence-corrected chi connectivity index (χ0v) is 60.4. The lowest BCUT2D eigenvalue weighted by molar-refractivity contribution is -0.143. The SMILES string of the molecule is CCCCCCCCCCCCCC(O)CC(=O)N[C@@H](CCC(=O)O)C(=O)N[C@H](CCCN)C(=O)N[C@@H]1Cc2ccc(cc2)OC(=O)[C@H]([C@@H](C)CC)NC(=O)[C@H](Cc2ccc(O)cc2)NC(=O)[C@H](CCC(N)=O)NC(=O)[C@@H]2CCCN2C(=O)[C@@H](C)NC(=O)[C@H](CCC(=O)O)NC(=O)[C@@H]([C@@H](C)O)NC1=O. The predicted molar refractivity (Wildman–Crippen MR) is 379 cm³/mol. The Morgan fingerprint density at radius 3 is 1.76 bits per heavy atom. The van der Waals surface area contributed by atoms with Gasteiger partial charge in [0.1, 0.15) is 71.9 Å². The number of amides is 11. The molecule has 3 heterocycles. The number of phenols is 1. The third kappa shape index (κ3) is 31.0. The van der Waals surface area contributed by atoms with Gasteiger partial charge in [-0.2, -0.15) is 0 Å². The number of carboxylic acid groups (broad SMARTS) is 2. The fourth-order valence-corrected chi connectivity index (χ4v) is 12.1. The first-order valence-electron chi connectivity index (χ1n) is 36.3. The van der Waals surface area contributed by atoms with Crippen molar-refractivity contribution in [2.45, 2.75) is 274 Å². The summed E-state index contributed by atoms with van der Waals surface area (Å²) in [4.78, 5) is 195. The van der Waals surface area contributed by atoms with Crippen molar-refractivity contribution < 1.29 is 97.4 Å². The smallest absolute Gasteiger partial charge is 0.334 e. The molecule has 5 rings (SSSR count). The van der Waals surface area contributed by atoms with Gasteiger partial charge in [0, 0.05) is 38.6 Å². The summed E-state index contributed by atoms with van der Waals surface area (Å²) in [6.07, 6.45) is 5.34. The van der Waals surface area contributed by atoms with Crippen LogP contribution in [0, 0.1) is 5.92 Å². The first kappa shape index (κ1) is 87.1. The Kier molecular flexibility index (Phi) is 38.3. The summed E-state index contributed by atoms with van der Waals surface area (Å²) in [5.41, 5.74) is 12.0. The number of benzene rings is 2. The molecule has 1 saturated heterocycles. The van der Waals surface area contributed by atoms with Gasteiger partial charge in [-0.05, 0) is 113 Å². The molecule has 1 unspecified atom stereocenters. The van der Waals surface area contributed by atoms with Crippen LogP contribution in [0.5, 0.6) is 11.5 Å². The van der Waals surface area contributed by atoms with E-state index < -0.39 is 213 Å². The van der Waals surface area contributed by atoms with Crippen LogP contribution < -0.4 is 64.1 Å². The number of hydrogen-bond donors (Lipinski definition) is 16. The molecule has 0 aliphatic carbocycles. The fraction of sp³-hybridized carbons (Fsp3) is 0.639. The third-order valence-electron chi connectivity index (χ3n) is 18.4. The van der Waals surface area contributed by atoms with Crippen LogP contribution in [0.3, 0.4) is 0 Å². The Morgan fingerprint density at radius 2 is 1.17 bits per heavy atom. The molecule has 2 aromatic carbocycles. The van der Waals surface area contributed by atoms with Crippen molar-refractivity contribution in [2.24, 2.45) is 17.4 Å². The molecule has 3 aliphatic heterocycles. The van der Waals surface area contributed by atoms with Crippen LogP contribution in [-0.2, 0) is 80.0 Å². The molecule has 2 bridgehead atoms. The third-order valence-corrected chi connectivity index (χ3v) is 18.4. The zero-order chi connectivity index (χ0) is 77.0. The Balaban J connectivity index is 1.75. The number of aliphatic hydroxyl groups excluding tert-OH is 2. The Labute approximate surface area is 606 Å².